The van der Waals surface area contributed by atoms with Crippen LogP contribution in [0.3, 0.4) is 0 Å². The van der Waals surface area contributed by atoms with Gasteiger partial charge in [0.2, 0.25) is 0 Å². The molecular formula is C17H23N3. The Bertz CT molecular complexity index is 541. The maximum Gasteiger partial charge on any atom is 0.128 e. The molecule has 0 aliphatic heterocycles. The van der Waals surface area contributed by atoms with E-state index < -0.39 is 0 Å². The highest BCUT2D eigenvalue weighted by Gasteiger charge is 2.18. The molecule has 0 aliphatic rings. The summed E-state index contributed by atoms with van der Waals surface area (Å²) in [6.45, 7) is 7.30. The van der Waals surface area contributed by atoms with Gasteiger partial charge in [0.1, 0.15) is 5.82 Å². The Kier molecular flexibility index (Phi) is 4.74. The fourth-order valence-electron chi connectivity index (χ4n) is 2.40. The Labute approximate surface area is 121 Å². The van der Waals surface area contributed by atoms with Gasteiger partial charge in [-0.1, -0.05) is 36.8 Å². The summed E-state index contributed by atoms with van der Waals surface area (Å²) in [7, 11) is 0. The molecule has 1 aromatic heterocycles. The van der Waals surface area contributed by atoms with E-state index in [2.05, 4.69) is 55.3 Å². The van der Waals surface area contributed by atoms with Gasteiger partial charge in [0.05, 0.1) is 6.04 Å². The molecule has 1 aromatic carbocycles. The number of nitrogen functional groups attached to an aromatic ring is 1. The molecule has 2 aromatic rings. The average Bonchev–Trinajstić information content (AvgIpc) is 2.43. The molecular weight excluding hydrogens is 246 g/mol. The van der Waals surface area contributed by atoms with Gasteiger partial charge in [0, 0.05) is 11.8 Å². The topological polar surface area (TPSA) is 50.9 Å². The van der Waals surface area contributed by atoms with E-state index in [1.165, 1.54) is 16.7 Å². The Morgan fingerprint density at radius 1 is 1.15 bits per heavy atom. The Hall–Kier alpha value is -1.87. The third kappa shape index (κ3) is 3.17. The second kappa shape index (κ2) is 6.53. The van der Waals surface area contributed by atoms with Crippen LogP contribution < -0.4 is 11.1 Å². The largest absolute Gasteiger partial charge is 0.383 e. The number of aromatic nitrogens is 1. The second-order valence-corrected chi connectivity index (χ2v) is 5.22. The average molecular weight is 269 g/mol. The highest BCUT2D eigenvalue weighted by atomic mass is 14.9. The quantitative estimate of drug-likeness (QED) is 0.875. The van der Waals surface area contributed by atoms with Gasteiger partial charge in [-0.2, -0.15) is 0 Å². The number of aryl methyl sites for hydroxylation is 2. The molecule has 3 nitrogen and oxygen atoms in total. The summed E-state index contributed by atoms with van der Waals surface area (Å²) in [6, 6.07) is 10.7. The zero-order valence-corrected chi connectivity index (χ0v) is 12.5. The number of anilines is 1. The molecule has 0 radical (unpaired) electrons. The number of benzene rings is 1. The van der Waals surface area contributed by atoms with Crippen molar-refractivity contribution in [2.24, 2.45) is 0 Å². The van der Waals surface area contributed by atoms with Gasteiger partial charge in [-0.05, 0) is 44.0 Å². The SMILES string of the molecule is CCCNC(c1ccc(C)cc1)c1c(C)ccnc1N. The zero-order valence-electron chi connectivity index (χ0n) is 12.5. The van der Waals surface area contributed by atoms with E-state index in [1.54, 1.807) is 6.20 Å². The molecule has 0 fully saturated rings. The molecule has 3 heteroatoms. The van der Waals surface area contributed by atoms with Crippen LogP contribution >= 0.6 is 0 Å². The molecule has 0 saturated carbocycles. The van der Waals surface area contributed by atoms with Crippen molar-refractivity contribution in [3.8, 4) is 0 Å². The summed E-state index contributed by atoms with van der Waals surface area (Å²) < 4.78 is 0. The maximum atomic E-state index is 6.11. The first-order chi connectivity index (χ1) is 9.63. The minimum absolute atomic E-state index is 0.101. The molecule has 0 amide bonds. The molecule has 3 N–H and O–H groups in total. The van der Waals surface area contributed by atoms with E-state index in [1.807, 2.05) is 6.07 Å². The highest BCUT2D eigenvalue weighted by Crippen LogP contribution is 2.28. The third-order valence-corrected chi connectivity index (χ3v) is 3.54. The normalized spacial score (nSPS) is 12.3. The highest BCUT2D eigenvalue weighted by molar-refractivity contribution is 5.50. The van der Waals surface area contributed by atoms with Gasteiger partial charge in [-0.3, -0.25) is 0 Å². The molecule has 0 spiro atoms. The molecule has 2 rings (SSSR count). The van der Waals surface area contributed by atoms with Crippen LogP contribution in [-0.2, 0) is 0 Å². The van der Waals surface area contributed by atoms with Crippen molar-refractivity contribution >= 4 is 5.82 Å². The summed E-state index contributed by atoms with van der Waals surface area (Å²) in [4.78, 5) is 4.25. The molecule has 1 heterocycles. The van der Waals surface area contributed by atoms with Gasteiger partial charge in [0.15, 0.2) is 0 Å². The summed E-state index contributed by atoms with van der Waals surface area (Å²) in [5, 5.41) is 3.58. The van der Waals surface area contributed by atoms with Crippen molar-refractivity contribution in [1.29, 1.82) is 0 Å². The summed E-state index contributed by atoms with van der Waals surface area (Å²) >= 11 is 0. The number of rotatable bonds is 5. The maximum absolute atomic E-state index is 6.11. The first kappa shape index (κ1) is 14.5. The van der Waals surface area contributed by atoms with Crippen LogP contribution in [0.1, 0.15) is 41.6 Å². The minimum Gasteiger partial charge on any atom is -0.383 e. The lowest BCUT2D eigenvalue weighted by Crippen LogP contribution is -2.25. The summed E-state index contributed by atoms with van der Waals surface area (Å²) in [5.41, 5.74) is 10.9. The smallest absolute Gasteiger partial charge is 0.128 e. The number of nitrogens with zero attached hydrogens (tertiary/aromatic N) is 1. The number of nitrogens with one attached hydrogen (secondary N) is 1. The molecule has 20 heavy (non-hydrogen) atoms. The Balaban J connectivity index is 2.44. The van der Waals surface area contributed by atoms with E-state index in [0.29, 0.717) is 5.82 Å². The number of nitrogens with two attached hydrogens (primary N) is 1. The van der Waals surface area contributed by atoms with Crippen molar-refractivity contribution in [3.05, 3.63) is 58.8 Å². The lowest BCUT2D eigenvalue weighted by atomic mass is 9.95. The van der Waals surface area contributed by atoms with Crippen LogP contribution in [-0.4, -0.2) is 11.5 Å². The molecule has 0 saturated heterocycles. The van der Waals surface area contributed by atoms with E-state index in [4.69, 9.17) is 5.73 Å². The van der Waals surface area contributed by atoms with Crippen molar-refractivity contribution in [3.63, 3.8) is 0 Å². The van der Waals surface area contributed by atoms with Crippen LogP contribution in [0.5, 0.6) is 0 Å². The standard InChI is InChI=1S/C17H23N3/c1-4-10-19-16(14-7-5-12(2)6-8-14)15-13(3)9-11-20-17(15)18/h5-9,11,16,19H,4,10H2,1-3H3,(H2,18,20). The van der Waals surface area contributed by atoms with Crippen LogP contribution in [0.25, 0.3) is 0 Å². The first-order valence-corrected chi connectivity index (χ1v) is 7.14. The fourth-order valence-corrected chi connectivity index (χ4v) is 2.40. The van der Waals surface area contributed by atoms with Gasteiger partial charge < -0.3 is 11.1 Å². The van der Waals surface area contributed by atoms with Crippen molar-refractivity contribution in [2.75, 3.05) is 12.3 Å². The monoisotopic (exact) mass is 269 g/mol. The van der Waals surface area contributed by atoms with Crippen molar-refractivity contribution in [2.45, 2.75) is 33.2 Å². The van der Waals surface area contributed by atoms with Gasteiger partial charge >= 0.3 is 0 Å². The number of hydrogen-bond donors (Lipinski definition) is 2. The second-order valence-electron chi connectivity index (χ2n) is 5.22. The van der Waals surface area contributed by atoms with Crippen LogP contribution in [0.4, 0.5) is 5.82 Å². The number of pyridine rings is 1. The van der Waals surface area contributed by atoms with E-state index >= 15 is 0 Å². The van der Waals surface area contributed by atoms with Crippen LogP contribution in [0, 0.1) is 13.8 Å². The van der Waals surface area contributed by atoms with Crippen molar-refractivity contribution in [1.82, 2.24) is 10.3 Å². The molecule has 106 valence electrons. The molecule has 0 bridgehead atoms. The van der Waals surface area contributed by atoms with Crippen LogP contribution in [0.15, 0.2) is 36.5 Å². The first-order valence-electron chi connectivity index (χ1n) is 7.14. The summed E-state index contributed by atoms with van der Waals surface area (Å²) in [6.07, 6.45) is 2.85. The van der Waals surface area contributed by atoms with Gasteiger partial charge in [0.25, 0.3) is 0 Å². The predicted molar refractivity (Wildman–Crippen MR) is 84.7 cm³/mol. The lowest BCUT2D eigenvalue weighted by Gasteiger charge is -2.22. The fraction of sp³-hybridized carbons (Fsp3) is 0.353. The van der Waals surface area contributed by atoms with E-state index in [9.17, 15) is 0 Å². The lowest BCUT2D eigenvalue weighted by molar-refractivity contribution is 0.596. The minimum atomic E-state index is 0.101. The van der Waals surface area contributed by atoms with E-state index in [-0.39, 0.29) is 6.04 Å². The van der Waals surface area contributed by atoms with Gasteiger partial charge in [-0.25, -0.2) is 4.98 Å². The molecule has 1 unspecified atom stereocenters. The Morgan fingerprint density at radius 3 is 2.45 bits per heavy atom. The zero-order chi connectivity index (χ0) is 14.5. The van der Waals surface area contributed by atoms with E-state index in [0.717, 1.165) is 18.5 Å². The Morgan fingerprint density at radius 2 is 1.85 bits per heavy atom. The molecule has 0 aliphatic carbocycles. The van der Waals surface area contributed by atoms with Crippen molar-refractivity contribution < 1.29 is 0 Å². The molecule has 1 atom stereocenters. The van der Waals surface area contributed by atoms with Gasteiger partial charge in [-0.15, -0.1) is 0 Å². The van der Waals surface area contributed by atoms with Crippen LogP contribution in [0.2, 0.25) is 0 Å². The predicted octanol–water partition coefficient (Wildman–Crippen LogP) is 3.37. The summed E-state index contributed by atoms with van der Waals surface area (Å²) in [5.74, 6) is 0.610. The third-order valence-electron chi connectivity index (χ3n) is 3.54. The number of hydrogen-bond acceptors (Lipinski definition) is 3.